The van der Waals surface area contributed by atoms with Crippen molar-refractivity contribution in [3.8, 4) is 0 Å². The monoisotopic (exact) mass is 326 g/mol. The minimum absolute atomic E-state index is 0.0543. The minimum atomic E-state index is 0.0543. The van der Waals surface area contributed by atoms with Gasteiger partial charge in [-0.1, -0.05) is 41.9 Å². The normalized spacial score (nSPS) is 11.3. The van der Waals surface area contributed by atoms with Gasteiger partial charge < -0.3 is 4.98 Å². The van der Waals surface area contributed by atoms with Gasteiger partial charge in [0.25, 0.3) is 0 Å². The molecule has 4 heteroatoms. The van der Waals surface area contributed by atoms with E-state index in [-0.39, 0.29) is 5.43 Å². The Balaban J connectivity index is 1.92. The highest BCUT2D eigenvalue weighted by atomic mass is 35.5. The highest BCUT2D eigenvalue weighted by molar-refractivity contribution is 6.31. The lowest BCUT2D eigenvalue weighted by Crippen LogP contribution is -2.24. The first-order chi connectivity index (χ1) is 11.0. The van der Waals surface area contributed by atoms with E-state index in [1.807, 2.05) is 38.2 Å². The van der Waals surface area contributed by atoms with Gasteiger partial charge in [-0.15, -0.1) is 0 Å². The number of rotatable bonds is 4. The van der Waals surface area contributed by atoms with Gasteiger partial charge in [0, 0.05) is 40.3 Å². The van der Waals surface area contributed by atoms with Gasteiger partial charge in [0.15, 0.2) is 5.43 Å². The lowest BCUT2D eigenvalue weighted by molar-refractivity contribution is 0.317. The molecule has 0 amide bonds. The van der Waals surface area contributed by atoms with Crippen LogP contribution in [0.25, 0.3) is 10.9 Å². The second-order valence-corrected chi connectivity index (χ2v) is 6.34. The number of H-pyrrole nitrogens is 1. The van der Waals surface area contributed by atoms with Crippen LogP contribution in [0.5, 0.6) is 0 Å². The van der Waals surface area contributed by atoms with E-state index in [2.05, 4.69) is 22.0 Å². The van der Waals surface area contributed by atoms with Gasteiger partial charge >= 0.3 is 0 Å². The fourth-order valence-electron chi connectivity index (χ4n) is 2.83. The lowest BCUT2D eigenvalue weighted by atomic mass is 10.1. The molecule has 0 fully saturated rings. The Labute approximate surface area is 140 Å². The molecule has 0 aliphatic carbocycles. The largest absolute Gasteiger partial charge is 0.358 e. The van der Waals surface area contributed by atoms with Crippen molar-refractivity contribution in [1.82, 2.24) is 9.88 Å². The second kappa shape index (κ2) is 6.57. The zero-order valence-corrected chi connectivity index (χ0v) is 14.0. The first-order valence-electron chi connectivity index (χ1n) is 7.58. The molecule has 23 heavy (non-hydrogen) atoms. The standard InChI is InChI=1S/C19H19ClN2O/c1-13-17(12-22(2)11-14-6-4-3-5-7-14)19(23)16-10-15(20)8-9-18(16)21-13/h3-10H,11-12H2,1-2H3,(H,21,23). The summed E-state index contributed by atoms with van der Waals surface area (Å²) < 4.78 is 0. The number of hydrogen-bond acceptors (Lipinski definition) is 2. The quantitative estimate of drug-likeness (QED) is 0.782. The number of nitrogens with zero attached hydrogens (tertiary/aromatic N) is 1. The Kier molecular flexibility index (Phi) is 4.51. The van der Waals surface area contributed by atoms with Crippen LogP contribution < -0.4 is 5.43 Å². The molecule has 118 valence electrons. The summed E-state index contributed by atoms with van der Waals surface area (Å²) in [6.07, 6.45) is 0. The Morgan fingerprint density at radius 1 is 1.09 bits per heavy atom. The number of benzene rings is 2. The van der Waals surface area contributed by atoms with Crippen LogP contribution in [-0.2, 0) is 13.1 Å². The summed E-state index contributed by atoms with van der Waals surface area (Å²) in [5.41, 5.74) is 3.81. The molecule has 0 bridgehead atoms. The number of nitrogens with one attached hydrogen (secondary N) is 1. The Hall–Kier alpha value is -2.10. The van der Waals surface area contributed by atoms with Gasteiger partial charge in [0.2, 0.25) is 0 Å². The summed E-state index contributed by atoms with van der Waals surface area (Å²) in [6.45, 7) is 3.34. The van der Waals surface area contributed by atoms with Crippen LogP contribution in [0.1, 0.15) is 16.8 Å². The molecule has 0 spiro atoms. The van der Waals surface area contributed by atoms with Gasteiger partial charge in [-0.05, 0) is 37.7 Å². The molecule has 0 unspecified atom stereocenters. The number of pyridine rings is 1. The average molecular weight is 327 g/mol. The molecule has 1 aromatic heterocycles. The van der Waals surface area contributed by atoms with Gasteiger partial charge in [0.1, 0.15) is 0 Å². The molecule has 0 saturated heterocycles. The van der Waals surface area contributed by atoms with Crippen LogP contribution in [0.3, 0.4) is 0 Å². The molecule has 1 heterocycles. The van der Waals surface area contributed by atoms with E-state index >= 15 is 0 Å². The zero-order chi connectivity index (χ0) is 16.4. The van der Waals surface area contributed by atoms with Crippen LogP contribution in [0.4, 0.5) is 0 Å². The fourth-order valence-corrected chi connectivity index (χ4v) is 3.01. The molecular weight excluding hydrogens is 308 g/mol. The Morgan fingerprint density at radius 3 is 2.57 bits per heavy atom. The van der Waals surface area contributed by atoms with Crippen molar-refractivity contribution in [1.29, 1.82) is 0 Å². The minimum Gasteiger partial charge on any atom is -0.358 e. The smallest absolute Gasteiger partial charge is 0.194 e. The summed E-state index contributed by atoms with van der Waals surface area (Å²) in [7, 11) is 2.02. The zero-order valence-electron chi connectivity index (χ0n) is 13.3. The van der Waals surface area contributed by atoms with Crippen molar-refractivity contribution < 1.29 is 0 Å². The maximum absolute atomic E-state index is 12.8. The van der Waals surface area contributed by atoms with E-state index in [0.29, 0.717) is 17.0 Å². The van der Waals surface area contributed by atoms with E-state index in [0.717, 1.165) is 23.3 Å². The number of aromatic amines is 1. The predicted molar refractivity (Wildman–Crippen MR) is 95.9 cm³/mol. The molecule has 3 aromatic rings. The average Bonchev–Trinajstić information content (AvgIpc) is 2.53. The van der Waals surface area contributed by atoms with Crippen molar-refractivity contribution >= 4 is 22.5 Å². The summed E-state index contributed by atoms with van der Waals surface area (Å²) >= 11 is 6.03. The van der Waals surface area contributed by atoms with Crippen molar-refractivity contribution in [2.45, 2.75) is 20.0 Å². The lowest BCUT2D eigenvalue weighted by Gasteiger charge is -2.18. The number of fused-ring (bicyclic) bond motifs is 1. The first kappa shape index (κ1) is 15.8. The second-order valence-electron chi connectivity index (χ2n) is 5.91. The van der Waals surface area contributed by atoms with Crippen LogP contribution in [-0.4, -0.2) is 16.9 Å². The summed E-state index contributed by atoms with van der Waals surface area (Å²) in [5.74, 6) is 0. The Morgan fingerprint density at radius 2 is 1.83 bits per heavy atom. The SMILES string of the molecule is Cc1[nH]c2ccc(Cl)cc2c(=O)c1CN(C)Cc1ccccc1. The van der Waals surface area contributed by atoms with Gasteiger partial charge in [-0.2, -0.15) is 0 Å². The topological polar surface area (TPSA) is 36.1 Å². The van der Waals surface area contributed by atoms with Crippen LogP contribution in [0.15, 0.2) is 53.3 Å². The third-order valence-corrected chi connectivity index (χ3v) is 4.23. The third-order valence-electron chi connectivity index (χ3n) is 4.00. The summed E-state index contributed by atoms with van der Waals surface area (Å²) in [6, 6.07) is 15.6. The van der Waals surface area contributed by atoms with E-state index in [4.69, 9.17) is 11.6 Å². The number of aryl methyl sites for hydroxylation is 1. The molecule has 2 aromatic carbocycles. The predicted octanol–water partition coefficient (Wildman–Crippen LogP) is 4.12. The molecule has 0 radical (unpaired) electrons. The van der Waals surface area contributed by atoms with E-state index < -0.39 is 0 Å². The summed E-state index contributed by atoms with van der Waals surface area (Å²) in [5, 5.41) is 1.22. The van der Waals surface area contributed by atoms with Gasteiger partial charge in [-0.25, -0.2) is 0 Å². The van der Waals surface area contributed by atoms with Gasteiger partial charge in [-0.3, -0.25) is 9.69 Å². The van der Waals surface area contributed by atoms with Crippen molar-refractivity contribution in [2.24, 2.45) is 0 Å². The first-order valence-corrected chi connectivity index (χ1v) is 7.96. The molecule has 3 nitrogen and oxygen atoms in total. The molecule has 1 N–H and O–H groups in total. The Bertz CT molecular complexity index is 887. The molecule has 0 aliphatic heterocycles. The van der Waals surface area contributed by atoms with Crippen molar-refractivity contribution in [3.05, 3.63) is 80.6 Å². The highest BCUT2D eigenvalue weighted by Crippen LogP contribution is 2.17. The maximum Gasteiger partial charge on any atom is 0.194 e. The van der Waals surface area contributed by atoms with E-state index in [9.17, 15) is 4.79 Å². The molecule has 0 saturated carbocycles. The van der Waals surface area contributed by atoms with Crippen LogP contribution in [0, 0.1) is 6.92 Å². The van der Waals surface area contributed by atoms with Gasteiger partial charge in [0.05, 0.1) is 0 Å². The van der Waals surface area contributed by atoms with E-state index in [1.165, 1.54) is 5.56 Å². The van der Waals surface area contributed by atoms with Crippen molar-refractivity contribution in [3.63, 3.8) is 0 Å². The van der Waals surface area contributed by atoms with Crippen LogP contribution in [0.2, 0.25) is 5.02 Å². The summed E-state index contributed by atoms with van der Waals surface area (Å²) in [4.78, 5) is 18.2. The molecule has 0 aliphatic rings. The van der Waals surface area contributed by atoms with Crippen molar-refractivity contribution in [2.75, 3.05) is 7.05 Å². The highest BCUT2D eigenvalue weighted by Gasteiger charge is 2.12. The molecule has 0 atom stereocenters. The number of aromatic nitrogens is 1. The van der Waals surface area contributed by atoms with Crippen LogP contribution >= 0.6 is 11.6 Å². The number of halogens is 1. The third kappa shape index (κ3) is 3.46. The molecule has 3 rings (SSSR count). The number of hydrogen-bond donors (Lipinski definition) is 1. The van der Waals surface area contributed by atoms with E-state index in [1.54, 1.807) is 12.1 Å². The maximum atomic E-state index is 12.8. The fraction of sp³-hybridized carbons (Fsp3) is 0.211. The molecular formula is C19H19ClN2O.